The van der Waals surface area contributed by atoms with E-state index in [1.54, 1.807) is 23.8 Å². The van der Waals surface area contributed by atoms with E-state index in [2.05, 4.69) is 10.1 Å². The number of pyridine rings is 1. The molecule has 176 valence electrons. The zero-order valence-corrected chi connectivity index (χ0v) is 19.4. The Morgan fingerprint density at radius 3 is 2.49 bits per heavy atom. The molecule has 5 rings (SSSR count). The van der Waals surface area contributed by atoms with Crippen molar-refractivity contribution in [1.29, 1.82) is 0 Å². The number of hydrazone groups is 1. The van der Waals surface area contributed by atoms with Crippen molar-refractivity contribution in [3.63, 3.8) is 0 Å². The van der Waals surface area contributed by atoms with Gasteiger partial charge in [0.25, 0.3) is 5.91 Å². The van der Waals surface area contributed by atoms with Crippen molar-refractivity contribution in [2.75, 3.05) is 13.7 Å². The molecule has 2 aromatic carbocycles. The molecule has 8 heteroatoms. The Labute approximate surface area is 202 Å². The van der Waals surface area contributed by atoms with Crippen LogP contribution in [-0.2, 0) is 9.53 Å². The van der Waals surface area contributed by atoms with Gasteiger partial charge in [0.2, 0.25) is 0 Å². The van der Waals surface area contributed by atoms with Gasteiger partial charge >= 0.3 is 5.97 Å². The van der Waals surface area contributed by atoms with Crippen molar-refractivity contribution in [2.24, 2.45) is 5.10 Å². The molecule has 3 heterocycles. The second-order valence-electron chi connectivity index (χ2n) is 8.24. The van der Waals surface area contributed by atoms with Gasteiger partial charge in [-0.05, 0) is 42.3 Å². The van der Waals surface area contributed by atoms with Gasteiger partial charge in [-0.2, -0.15) is 5.10 Å². The molecule has 0 aliphatic carbocycles. The second kappa shape index (κ2) is 9.42. The maximum absolute atomic E-state index is 13.2. The maximum Gasteiger partial charge on any atom is 0.359 e. The minimum atomic E-state index is -0.658. The summed E-state index contributed by atoms with van der Waals surface area (Å²) >= 11 is 0. The molecule has 0 radical (unpaired) electrons. The average Bonchev–Trinajstić information content (AvgIpc) is 3.54. The van der Waals surface area contributed by atoms with Crippen molar-refractivity contribution in [3.05, 3.63) is 102 Å². The van der Waals surface area contributed by atoms with Crippen LogP contribution >= 0.6 is 0 Å². The molecule has 0 saturated heterocycles. The number of aryl methyl sites for hydroxylation is 1. The Bertz CT molecular complexity index is 1410. The molecule has 1 amide bonds. The number of hydrogen-bond donors (Lipinski definition) is 0. The number of hydrogen-bond acceptors (Lipinski definition) is 6. The highest BCUT2D eigenvalue weighted by atomic mass is 16.5. The molecular formula is C27H24N4O4. The van der Waals surface area contributed by atoms with Crippen LogP contribution in [0.2, 0.25) is 0 Å². The smallest absolute Gasteiger partial charge is 0.359 e. The summed E-state index contributed by atoms with van der Waals surface area (Å²) in [6, 6.07) is 22.5. The lowest BCUT2D eigenvalue weighted by atomic mass is 9.98. The van der Waals surface area contributed by atoms with Gasteiger partial charge in [0.05, 0.1) is 18.9 Å². The van der Waals surface area contributed by atoms with Gasteiger partial charge < -0.3 is 13.9 Å². The van der Waals surface area contributed by atoms with Crippen LogP contribution in [0.5, 0.6) is 5.75 Å². The summed E-state index contributed by atoms with van der Waals surface area (Å²) in [4.78, 5) is 30.1. The number of ether oxygens (including phenoxy) is 2. The van der Waals surface area contributed by atoms with Gasteiger partial charge in [-0.1, -0.05) is 48.5 Å². The number of rotatable bonds is 6. The number of methoxy groups -OCH3 is 1. The lowest BCUT2D eigenvalue weighted by Gasteiger charge is -2.22. The monoisotopic (exact) mass is 468 g/mol. The van der Waals surface area contributed by atoms with Gasteiger partial charge in [0, 0.05) is 18.3 Å². The van der Waals surface area contributed by atoms with Gasteiger partial charge in [-0.15, -0.1) is 0 Å². The topological polar surface area (TPSA) is 85.5 Å². The Balaban J connectivity index is 1.35. The van der Waals surface area contributed by atoms with E-state index in [9.17, 15) is 9.59 Å². The maximum atomic E-state index is 13.2. The highest BCUT2D eigenvalue weighted by Crippen LogP contribution is 2.33. The van der Waals surface area contributed by atoms with Crippen molar-refractivity contribution in [2.45, 2.75) is 19.4 Å². The van der Waals surface area contributed by atoms with E-state index in [-0.39, 0.29) is 11.7 Å². The third-order valence-corrected chi connectivity index (χ3v) is 6.01. The molecule has 1 aliphatic heterocycles. The molecule has 0 saturated carbocycles. The van der Waals surface area contributed by atoms with Crippen LogP contribution in [0.15, 0.2) is 84.1 Å². The van der Waals surface area contributed by atoms with Gasteiger partial charge in [-0.3, -0.25) is 4.79 Å². The fourth-order valence-corrected chi connectivity index (χ4v) is 4.15. The van der Waals surface area contributed by atoms with Gasteiger partial charge in [0.1, 0.15) is 11.4 Å². The molecule has 1 unspecified atom stereocenters. The third-order valence-electron chi connectivity index (χ3n) is 6.01. The zero-order chi connectivity index (χ0) is 24.4. The molecule has 1 aliphatic rings. The first-order chi connectivity index (χ1) is 17.0. The average molecular weight is 469 g/mol. The largest absolute Gasteiger partial charge is 0.497 e. The molecule has 0 bridgehead atoms. The highest BCUT2D eigenvalue weighted by Gasteiger charge is 2.33. The van der Waals surface area contributed by atoms with E-state index in [0.717, 1.165) is 28.3 Å². The van der Waals surface area contributed by atoms with Crippen molar-refractivity contribution >= 4 is 23.2 Å². The minimum Gasteiger partial charge on any atom is -0.497 e. The number of aromatic nitrogens is 2. The van der Waals surface area contributed by atoms with Gasteiger partial charge in [0.15, 0.2) is 12.3 Å². The number of nitrogens with zero attached hydrogens (tertiary/aromatic N) is 4. The van der Waals surface area contributed by atoms with E-state index in [4.69, 9.17) is 9.47 Å². The van der Waals surface area contributed by atoms with E-state index < -0.39 is 18.5 Å². The fourth-order valence-electron chi connectivity index (χ4n) is 4.15. The predicted octanol–water partition coefficient (Wildman–Crippen LogP) is 4.19. The van der Waals surface area contributed by atoms with Crippen LogP contribution in [-0.4, -0.2) is 45.7 Å². The molecular weight excluding hydrogens is 444 g/mol. The predicted molar refractivity (Wildman–Crippen MR) is 130 cm³/mol. The molecule has 0 fully saturated rings. The molecule has 2 aromatic heterocycles. The summed E-state index contributed by atoms with van der Waals surface area (Å²) in [6.45, 7) is 1.48. The number of imidazole rings is 1. The quantitative estimate of drug-likeness (QED) is 0.396. The molecule has 35 heavy (non-hydrogen) atoms. The number of carbonyl (C=O) groups is 2. The number of esters is 1. The van der Waals surface area contributed by atoms with E-state index in [1.165, 1.54) is 5.01 Å². The Kier molecular flexibility index (Phi) is 6.01. The summed E-state index contributed by atoms with van der Waals surface area (Å²) in [5.74, 6) is -0.343. The van der Waals surface area contributed by atoms with Crippen LogP contribution in [0.3, 0.4) is 0 Å². The number of fused-ring (bicyclic) bond motifs is 1. The summed E-state index contributed by atoms with van der Waals surface area (Å²) < 4.78 is 12.4. The SMILES string of the molecule is COc1ccc(C2CC(c3ccccc3)=NN2C(=O)COC(=O)c2cn3c(C)cccc3n2)cc1. The van der Waals surface area contributed by atoms with Crippen LogP contribution in [0.1, 0.15) is 39.8 Å². The van der Waals surface area contributed by atoms with Crippen LogP contribution < -0.4 is 4.74 Å². The summed E-state index contributed by atoms with van der Waals surface area (Å²) in [5, 5.41) is 6.02. The summed E-state index contributed by atoms with van der Waals surface area (Å²) in [6.07, 6.45) is 2.15. The fraction of sp³-hybridized carbons (Fsp3) is 0.185. The highest BCUT2D eigenvalue weighted by molar-refractivity contribution is 6.03. The van der Waals surface area contributed by atoms with Crippen molar-refractivity contribution in [3.8, 4) is 5.75 Å². The van der Waals surface area contributed by atoms with Gasteiger partial charge in [-0.25, -0.2) is 14.8 Å². The molecule has 4 aromatic rings. The van der Waals surface area contributed by atoms with E-state index >= 15 is 0 Å². The van der Waals surface area contributed by atoms with Crippen molar-refractivity contribution < 1.29 is 19.1 Å². The molecule has 8 nitrogen and oxygen atoms in total. The van der Waals surface area contributed by atoms with E-state index in [1.807, 2.05) is 73.7 Å². The van der Waals surface area contributed by atoms with Crippen molar-refractivity contribution in [1.82, 2.24) is 14.4 Å². The Morgan fingerprint density at radius 1 is 1.00 bits per heavy atom. The first-order valence-electron chi connectivity index (χ1n) is 11.2. The first-order valence-corrected chi connectivity index (χ1v) is 11.2. The normalized spacial score (nSPS) is 15.2. The number of amides is 1. The Hall–Kier alpha value is -4.46. The molecule has 1 atom stereocenters. The molecule has 0 spiro atoms. The molecule has 0 N–H and O–H groups in total. The summed E-state index contributed by atoms with van der Waals surface area (Å²) in [7, 11) is 1.61. The second-order valence-corrected chi connectivity index (χ2v) is 8.24. The number of benzene rings is 2. The zero-order valence-electron chi connectivity index (χ0n) is 19.4. The summed E-state index contributed by atoms with van der Waals surface area (Å²) in [5.41, 5.74) is 4.37. The number of carbonyl (C=O) groups excluding carboxylic acids is 2. The lowest BCUT2D eigenvalue weighted by Crippen LogP contribution is -2.31. The van der Waals surface area contributed by atoms with Crippen LogP contribution in [0.4, 0.5) is 0 Å². The standard InChI is InChI=1S/C27H24N4O4/c1-18-7-6-10-25-28-23(16-30(18)25)27(33)35-17-26(32)31-24(20-11-13-21(34-2)14-12-20)15-22(29-31)19-8-4-3-5-9-19/h3-14,16,24H,15,17H2,1-2H3. The van der Waals surface area contributed by atoms with Crippen LogP contribution in [0, 0.1) is 6.92 Å². The third kappa shape index (κ3) is 4.50. The Morgan fingerprint density at radius 2 is 1.77 bits per heavy atom. The lowest BCUT2D eigenvalue weighted by molar-refractivity contribution is -0.136. The van der Waals surface area contributed by atoms with Crippen LogP contribution in [0.25, 0.3) is 5.65 Å². The van der Waals surface area contributed by atoms with E-state index in [0.29, 0.717) is 12.1 Å². The minimum absolute atomic E-state index is 0.147. The first kappa shape index (κ1) is 22.3.